The second kappa shape index (κ2) is 8.31. The Hall–Kier alpha value is -3.92. The van der Waals surface area contributed by atoms with Gasteiger partial charge in [-0.1, -0.05) is 29.8 Å². The van der Waals surface area contributed by atoms with Crippen LogP contribution in [-0.2, 0) is 11.0 Å². The first-order chi connectivity index (χ1) is 15.2. The van der Waals surface area contributed by atoms with Gasteiger partial charge in [0.15, 0.2) is 5.65 Å². The van der Waals surface area contributed by atoms with E-state index in [-0.39, 0.29) is 16.5 Å². The van der Waals surface area contributed by atoms with Gasteiger partial charge in [0, 0.05) is 6.08 Å². The molecule has 0 saturated heterocycles. The number of aromatic nitrogens is 4. The maximum atomic E-state index is 13.0. The number of aromatic amines is 1. The molecule has 2 aromatic heterocycles. The number of para-hydroxylation sites is 2. The second-order valence-electron chi connectivity index (χ2n) is 6.60. The van der Waals surface area contributed by atoms with Crippen LogP contribution in [-0.4, -0.2) is 25.7 Å². The standard InChI is InChI=1S/C21H13ClF3N5O2/c22-15-7-5-12(9-14(15)21(23,24)25)6-8-18(31)29-16-3-1-2-4-17(16)30-19-13(10-28-30)20(32)27-11-26-19/h1-11H,(H,29,31)(H,26,27,32)/b8-6+. The minimum Gasteiger partial charge on any atom is -0.321 e. The van der Waals surface area contributed by atoms with E-state index >= 15 is 0 Å². The van der Waals surface area contributed by atoms with E-state index in [2.05, 4.69) is 20.4 Å². The number of fused-ring (bicyclic) bond motifs is 1. The third kappa shape index (κ3) is 4.26. The van der Waals surface area contributed by atoms with Gasteiger partial charge < -0.3 is 10.3 Å². The van der Waals surface area contributed by atoms with Crippen molar-refractivity contribution in [3.8, 4) is 5.69 Å². The van der Waals surface area contributed by atoms with Crippen LogP contribution in [0.3, 0.4) is 0 Å². The highest BCUT2D eigenvalue weighted by atomic mass is 35.5. The van der Waals surface area contributed by atoms with Crippen LogP contribution in [0.1, 0.15) is 11.1 Å². The molecule has 0 atom stereocenters. The van der Waals surface area contributed by atoms with Gasteiger partial charge >= 0.3 is 6.18 Å². The number of carbonyl (C=O) groups is 1. The fourth-order valence-corrected chi connectivity index (χ4v) is 3.23. The summed E-state index contributed by atoms with van der Waals surface area (Å²) in [5.41, 5.74) is -0.0694. The van der Waals surface area contributed by atoms with Gasteiger partial charge in [-0.3, -0.25) is 9.59 Å². The van der Waals surface area contributed by atoms with Crippen molar-refractivity contribution in [2.75, 3.05) is 5.32 Å². The Kier molecular flexibility index (Phi) is 5.54. The number of H-pyrrole nitrogens is 1. The van der Waals surface area contributed by atoms with Crippen LogP contribution in [0.15, 0.2) is 65.9 Å². The largest absolute Gasteiger partial charge is 0.417 e. The number of anilines is 1. The summed E-state index contributed by atoms with van der Waals surface area (Å²) in [6, 6.07) is 10.0. The van der Waals surface area contributed by atoms with E-state index in [4.69, 9.17) is 11.6 Å². The van der Waals surface area contributed by atoms with Crippen LogP contribution in [0.5, 0.6) is 0 Å². The first kappa shape index (κ1) is 21.3. The van der Waals surface area contributed by atoms with Crippen LogP contribution >= 0.6 is 11.6 Å². The molecule has 0 radical (unpaired) electrons. The lowest BCUT2D eigenvalue weighted by atomic mass is 10.1. The van der Waals surface area contributed by atoms with Crippen LogP contribution in [0.4, 0.5) is 18.9 Å². The lowest BCUT2D eigenvalue weighted by molar-refractivity contribution is -0.137. The van der Waals surface area contributed by atoms with Gasteiger partial charge in [-0.05, 0) is 35.9 Å². The average Bonchev–Trinajstić information content (AvgIpc) is 3.18. The smallest absolute Gasteiger partial charge is 0.321 e. The monoisotopic (exact) mass is 459 g/mol. The fourth-order valence-electron chi connectivity index (χ4n) is 3.01. The van der Waals surface area contributed by atoms with E-state index in [1.165, 1.54) is 29.3 Å². The third-order valence-corrected chi connectivity index (χ3v) is 4.81. The van der Waals surface area contributed by atoms with E-state index in [9.17, 15) is 22.8 Å². The van der Waals surface area contributed by atoms with Crippen molar-refractivity contribution in [1.29, 1.82) is 0 Å². The summed E-state index contributed by atoms with van der Waals surface area (Å²) in [4.78, 5) is 30.9. The quantitative estimate of drug-likeness (QED) is 0.441. The molecular formula is C21H13ClF3N5O2. The lowest BCUT2D eigenvalue weighted by Gasteiger charge is -2.10. The molecule has 0 saturated carbocycles. The van der Waals surface area contributed by atoms with Crippen LogP contribution in [0, 0.1) is 0 Å². The predicted molar refractivity (Wildman–Crippen MR) is 114 cm³/mol. The predicted octanol–water partition coefficient (Wildman–Crippen LogP) is 4.43. The summed E-state index contributed by atoms with van der Waals surface area (Å²) >= 11 is 5.61. The van der Waals surface area contributed by atoms with Gasteiger partial charge in [0.1, 0.15) is 5.39 Å². The summed E-state index contributed by atoms with van der Waals surface area (Å²) < 4.78 is 40.4. The van der Waals surface area contributed by atoms with Crippen LogP contribution in [0.2, 0.25) is 5.02 Å². The molecule has 11 heteroatoms. The van der Waals surface area contributed by atoms with Crippen molar-refractivity contribution in [2.45, 2.75) is 6.18 Å². The molecule has 0 fully saturated rings. The molecule has 0 spiro atoms. The molecule has 2 N–H and O–H groups in total. The molecule has 7 nitrogen and oxygen atoms in total. The number of benzene rings is 2. The number of amides is 1. The van der Waals surface area contributed by atoms with E-state index in [0.29, 0.717) is 17.0 Å². The highest BCUT2D eigenvalue weighted by Gasteiger charge is 2.33. The molecule has 4 aromatic rings. The zero-order valence-electron chi connectivity index (χ0n) is 16.0. The van der Waals surface area contributed by atoms with E-state index in [0.717, 1.165) is 18.2 Å². The highest BCUT2D eigenvalue weighted by Crippen LogP contribution is 2.35. The fraction of sp³-hybridized carbons (Fsp3) is 0.0476. The van der Waals surface area contributed by atoms with Crippen molar-refractivity contribution in [3.63, 3.8) is 0 Å². The Morgan fingerprint density at radius 1 is 1.19 bits per heavy atom. The van der Waals surface area contributed by atoms with Crippen LogP contribution < -0.4 is 10.9 Å². The van der Waals surface area contributed by atoms with Crippen molar-refractivity contribution in [2.24, 2.45) is 0 Å². The number of hydrogen-bond donors (Lipinski definition) is 2. The van der Waals surface area contributed by atoms with Gasteiger partial charge in [0.2, 0.25) is 5.91 Å². The summed E-state index contributed by atoms with van der Waals surface area (Å²) in [6.07, 6.45) is 0.342. The average molecular weight is 460 g/mol. The van der Waals surface area contributed by atoms with Crippen molar-refractivity contribution < 1.29 is 18.0 Å². The lowest BCUT2D eigenvalue weighted by Crippen LogP contribution is -2.12. The zero-order valence-corrected chi connectivity index (χ0v) is 16.8. The zero-order chi connectivity index (χ0) is 22.9. The van der Waals surface area contributed by atoms with E-state index in [1.54, 1.807) is 24.3 Å². The van der Waals surface area contributed by atoms with E-state index < -0.39 is 22.7 Å². The molecule has 4 rings (SSSR count). The minimum absolute atomic E-state index is 0.159. The molecular weight excluding hydrogens is 447 g/mol. The normalized spacial score (nSPS) is 11.9. The number of nitrogens with zero attached hydrogens (tertiary/aromatic N) is 3. The molecule has 0 aliphatic heterocycles. The molecule has 2 aromatic carbocycles. The summed E-state index contributed by atoms with van der Waals surface area (Å²) in [5.74, 6) is -0.580. The Balaban J connectivity index is 1.60. The summed E-state index contributed by atoms with van der Waals surface area (Å²) in [5, 5.41) is 6.68. The number of carbonyl (C=O) groups excluding carboxylic acids is 1. The number of rotatable bonds is 4. The highest BCUT2D eigenvalue weighted by molar-refractivity contribution is 6.31. The second-order valence-corrected chi connectivity index (χ2v) is 7.01. The topological polar surface area (TPSA) is 92.7 Å². The molecule has 162 valence electrons. The summed E-state index contributed by atoms with van der Waals surface area (Å²) in [6.45, 7) is 0. The molecule has 0 aliphatic rings. The minimum atomic E-state index is -4.61. The SMILES string of the molecule is O=C(/C=C/c1ccc(Cl)c(C(F)(F)F)c1)Nc1ccccc1-n1ncc2c(=O)[nH]cnc21. The molecule has 2 heterocycles. The van der Waals surface area contributed by atoms with Gasteiger partial charge in [-0.2, -0.15) is 18.3 Å². The van der Waals surface area contributed by atoms with Gasteiger partial charge in [-0.15, -0.1) is 0 Å². The van der Waals surface area contributed by atoms with Crippen LogP contribution in [0.25, 0.3) is 22.8 Å². The molecule has 32 heavy (non-hydrogen) atoms. The maximum absolute atomic E-state index is 13.0. The van der Waals surface area contributed by atoms with Crippen molar-refractivity contribution in [3.05, 3.63) is 87.6 Å². The third-order valence-electron chi connectivity index (χ3n) is 4.48. The first-order valence-corrected chi connectivity index (χ1v) is 9.48. The molecule has 0 bridgehead atoms. The first-order valence-electron chi connectivity index (χ1n) is 9.10. The Bertz CT molecular complexity index is 1410. The van der Waals surface area contributed by atoms with Gasteiger partial charge in [0.05, 0.1) is 34.5 Å². The number of hydrogen-bond acceptors (Lipinski definition) is 4. The Morgan fingerprint density at radius 2 is 1.97 bits per heavy atom. The Morgan fingerprint density at radius 3 is 2.75 bits per heavy atom. The number of halogens is 4. The maximum Gasteiger partial charge on any atom is 0.417 e. The van der Waals surface area contributed by atoms with Crippen molar-refractivity contribution >= 4 is 40.3 Å². The Labute approximate surface area is 183 Å². The number of alkyl halides is 3. The van der Waals surface area contributed by atoms with Crippen molar-refractivity contribution in [1.82, 2.24) is 19.7 Å². The summed E-state index contributed by atoms with van der Waals surface area (Å²) in [7, 11) is 0. The molecule has 0 unspecified atom stereocenters. The molecule has 0 aliphatic carbocycles. The molecule has 1 amide bonds. The van der Waals surface area contributed by atoms with Gasteiger partial charge in [-0.25, -0.2) is 9.67 Å². The van der Waals surface area contributed by atoms with Gasteiger partial charge in [0.25, 0.3) is 5.56 Å². The van der Waals surface area contributed by atoms with E-state index in [1.807, 2.05) is 0 Å². The number of nitrogens with one attached hydrogen (secondary N) is 2.